The summed E-state index contributed by atoms with van der Waals surface area (Å²) in [6, 6.07) is 17.7. The van der Waals surface area contributed by atoms with E-state index in [9.17, 15) is 10.1 Å². The molecule has 0 atom stereocenters. The Hall–Kier alpha value is -3.34. The third-order valence-electron chi connectivity index (χ3n) is 7.33. The van der Waals surface area contributed by atoms with E-state index in [0.29, 0.717) is 29.5 Å². The Morgan fingerprint density at radius 2 is 1.78 bits per heavy atom. The molecule has 3 aliphatic heterocycles. The van der Waals surface area contributed by atoms with E-state index in [1.165, 1.54) is 22.7 Å². The number of hydrogen-bond acceptors (Lipinski definition) is 11. The molecule has 0 unspecified atom stereocenters. The van der Waals surface area contributed by atoms with Gasteiger partial charge >= 0.3 is 0 Å². The molecule has 6 rings (SSSR count). The summed E-state index contributed by atoms with van der Waals surface area (Å²) < 4.78 is 10.6. The van der Waals surface area contributed by atoms with Crippen LogP contribution >= 0.6 is 24.2 Å². The molecule has 4 heterocycles. The highest BCUT2D eigenvalue weighted by Gasteiger charge is 2.29. The predicted octanol–water partition coefficient (Wildman–Crippen LogP) is 3.54. The molecule has 3 aliphatic rings. The fourth-order valence-corrected chi connectivity index (χ4v) is 6.83. The number of aryl methyl sites for hydroxylation is 1. The standard InChI is InChI=1S/C29H32N8O2S2/c1-21-18-23(20-30)33-29(32-21)34-14-16-35(17-15-34)40-24-6-7-26-22(19-24)8-11-37(26)28(38)25-4-2-3-5-27(25)39-41-36-12-9-31-10-13-36/h2-7,18-19,31H,8-17H2,1H3. The van der Waals surface area contributed by atoms with Crippen molar-refractivity contribution in [3.8, 4) is 11.8 Å². The smallest absolute Gasteiger partial charge is 0.262 e. The molecule has 1 N–H and O–H groups in total. The van der Waals surface area contributed by atoms with Gasteiger partial charge in [-0.15, -0.1) is 0 Å². The van der Waals surface area contributed by atoms with Crippen molar-refractivity contribution in [2.45, 2.75) is 18.2 Å². The summed E-state index contributed by atoms with van der Waals surface area (Å²) in [6.45, 7) is 9.52. The molecule has 1 amide bonds. The number of hydrogen-bond donors (Lipinski definition) is 1. The van der Waals surface area contributed by atoms with Gasteiger partial charge in [-0.25, -0.2) is 18.6 Å². The Morgan fingerprint density at radius 1 is 0.976 bits per heavy atom. The fraction of sp³-hybridized carbons (Fsp3) is 0.379. The second-order valence-electron chi connectivity index (χ2n) is 10.1. The number of fused-ring (bicyclic) bond motifs is 1. The van der Waals surface area contributed by atoms with Crippen molar-refractivity contribution in [1.29, 1.82) is 5.26 Å². The predicted molar refractivity (Wildman–Crippen MR) is 162 cm³/mol. The number of piperazine rings is 2. The summed E-state index contributed by atoms with van der Waals surface area (Å²) in [5, 5.41) is 12.6. The van der Waals surface area contributed by atoms with Gasteiger partial charge in [0.2, 0.25) is 5.95 Å². The summed E-state index contributed by atoms with van der Waals surface area (Å²) in [6.07, 6.45) is 0.827. The number of amides is 1. The summed E-state index contributed by atoms with van der Waals surface area (Å²) in [7, 11) is 0. The zero-order valence-electron chi connectivity index (χ0n) is 23.0. The van der Waals surface area contributed by atoms with Gasteiger partial charge in [0, 0.05) is 75.2 Å². The van der Waals surface area contributed by atoms with E-state index in [-0.39, 0.29) is 5.91 Å². The third kappa shape index (κ3) is 6.45. The molecule has 0 radical (unpaired) electrons. The number of aromatic nitrogens is 2. The first-order chi connectivity index (χ1) is 20.1. The third-order valence-corrected chi connectivity index (χ3v) is 9.25. The summed E-state index contributed by atoms with van der Waals surface area (Å²) in [5.41, 5.74) is 3.95. The summed E-state index contributed by atoms with van der Waals surface area (Å²) >= 11 is 3.07. The SMILES string of the molecule is Cc1cc(C#N)nc(N2CCN(Sc3ccc4c(c3)CCN4C(=O)c3ccccc3OSN3CCNCC3)CC2)n1. The quantitative estimate of drug-likeness (QED) is 0.324. The Bertz CT molecular complexity index is 1450. The van der Waals surface area contributed by atoms with Gasteiger partial charge in [-0.1, -0.05) is 12.1 Å². The Balaban J connectivity index is 1.07. The minimum atomic E-state index is -0.0327. The van der Waals surface area contributed by atoms with Crippen molar-refractivity contribution in [3.05, 3.63) is 71.0 Å². The Labute approximate surface area is 249 Å². The van der Waals surface area contributed by atoms with Crippen LogP contribution in [0, 0.1) is 18.3 Å². The van der Waals surface area contributed by atoms with Crippen molar-refractivity contribution in [3.63, 3.8) is 0 Å². The largest absolute Gasteiger partial charge is 0.409 e. The van der Waals surface area contributed by atoms with E-state index in [1.54, 1.807) is 18.0 Å². The lowest BCUT2D eigenvalue weighted by molar-refractivity contribution is 0.0988. The highest BCUT2D eigenvalue weighted by Crippen LogP contribution is 2.36. The van der Waals surface area contributed by atoms with Gasteiger partial charge in [0.1, 0.15) is 24.0 Å². The van der Waals surface area contributed by atoms with Crippen molar-refractivity contribution in [2.24, 2.45) is 0 Å². The van der Waals surface area contributed by atoms with Crippen LogP contribution < -0.4 is 19.3 Å². The Kier molecular flexibility index (Phi) is 8.59. The molecule has 12 heteroatoms. The zero-order valence-corrected chi connectivity index (χ0v) is 24.6. The first-order valence-corrected chi connectivity index (χ1v) is 15.3. The van der Waals surface area contributed by atoms with Gasteiger partial charge in [0.05, 0.1) is 5.56 Å². The number of nitriles is 1. The van der Waals surface area contributed by atoms with Crippen LogP contribution in [-0.2, 0) is 6.42 Å². The van der Waals surface area contributed by atoms with Gasteiger partial charge < -0.3 is 19.3 Å². The second kappa shape index (κ2) is 12.7. The van der Waals surface area contributed by atoms with E-state index in [1.807, 2.05) is 36.1 Å². The van der Waals surface area contributed by atoms with E-state index in [4.69, 9.17) is 4.18 Å². The van der Waals surface area contributed by atoms with E-state index >= 15 is 0 Å². The maximum Gasteiger partial charge on any atom is 0.262 e. The van der Waals surface area contributed by atoms with Crippen molar-refractivity contribution in [1.82, 2.24) is 23.9 Å². The average molecular weight is 589 g/mol. The molecule has 0 aliphatic carbocycles. The number of nitrogens with one attached hydrogen (secondary N) is 1. The van der Waals surface area contributed by atoms with Gasteiger partial charge in [-0.05, 0) is 67.3 Å². The van der Waals surface area contributed by atoms with Crippen molar-refractivity contribution >= 4 is 41.7 Å². The van der Waals surface area contributed by atoms with Crippen LogP contribution in [0.4, 0.5) is 11.6 Å². The van der Waals surface area contributed by atoms with Crippen molar-refractivity contribution in [2.75, 3.05) is 68.7 Å². The molecule has 41 heavy (non-hydrogen) atoms. The minimum Gasteiger partial charge on any atom is -0.409 e. The van der Waals surface area contributed by atoms with Gasteiger partial charge in [-0.3, -0.25) is 4.79 Å². The van der Waals surface area contributed by atoms with E-state index in [0.717, 1.165) is 70.2 Å². The first-order valence-electron chi connectivity index (χ1n) is 13.9. The molecule has 212 valence electrons. The molecule has 3 aromatic rings. The van der Waals surface area contributed by atoms with Gasteiger partial charge in [0.15, 0.2) is 5.75 Å². The number of para-hydroxylation sites is 1. The number of nitrogens with zero attached hydrogens (tertiary/aromatic N) is 7. The maximum atomic E-state index is 13.7. The van der Waals surface area contributed by atoms with Crippen LogP contribution in [-0.4, -0.2) is 83.4 Å². The summed E-state index contributed by atoms with van der Waals surface area (Å²) in [4.78, 5) is 27.8. The fourth-order valence-electron chi connectivity index (χ4n) is 5.20. The van der Waals surface area contributed by atoms with Gasteiger partial charge in [-0.2, -0.15) is 5.26 Å². The molecular weight excluding hydrogens is 557 g/mol. The lowest BCUT2D eigenvalue weighted by Gasteiger charge is -2.34. The molecule has 0 spiro atoms. The van der Waals surface area contributed by atoms with E-state index < -0.39 is 0 Å². The van der Waals surface area contributed by atoms with E-state index in [2.05, 4.69) is 53.1 Å². The summed E-state index contributed by atoms with van der Waals surface area (Å²) in [5.74, 6) is 1.19. The van der Waals surface area contributed by atoms with Crippen LogP contribution in [0.15, 0.2) is 53.4 Å². The molecule has 1 aromatic heterocycles. The topological polar surface area (TPSA) is 101 Å². The molecule has 0 bridgehead atoms. The number of carbonyl (C=O) groups is 1. The molecular formula is C29H32N8O2S2. The lowest BCUT2D eigenvalue weighted by atomic mass is 10.1. The molecule has 0 saturated carbocycles. The van der Waals surface area contributed by atoms with Crippen LogP contribution in [0.5, 0.6) is 5.75 Å². The number of benzene rings is 2. The maximum absolute atomic E-state index is 13.7. The van der Waals surface area contributed by atoms with Crippen LogP contribution in [0.3, 0.4) is 0 Å². The molecule has 2 fully saturated rings. The number of anilines is 2. The minimum absolute atomic E-state index is 0.0327. The molecule has 2 saturated heterocycles. The van der Waals surface area contributed by atoms with Crippen LogP contribution in [0.25, 0.3) is 0 Å². The first kappa shape index (κ1) is 27.8. The highest BCUT2D eigenvalue weighted by molar-refractivity contribution is 7.97. The van der Waals surface area contributed by atoms with Crippen LogP contribution in [0.1, 0.15) is 27.3 Å². The normalized spacial score (nSPS) is 17.8. The van der Waals surface area contributed by atoms with Crippen molar-refractivity contribution < 1.29 is 8.98 Å². The Morgan fingerprint density at radius 3 is 2.59 bits per heavy atom. The monoisotopic (exact) mass is 588 g/mol. The zero-order chi connectivity index (χ0) is 28.2. The van der Waals surface area contributed by atoms with Crippen LogP contribution in [0.2, 0.25) is 0 Å². The highest BCUT2D eigenvalue weighted by atomic mass is 32.2. The van der Waals surface area contributed by atoms with Gasteiger partial charge in [0.25, 0.3) is 5.91 Å². The average Bonchev–Trinajstić information content (AvgIpc) is 3.44. The lowest BCUT2D eigenvalue weighted by Crippen LogP contribution is -2.44. The second-order valence-corrected chi connectivity index (χ2v) is 12.1. The number of carbonyl (C=O) groups excluding carboxylic acids is 1. The number of rotatable bonds is 7. The molecule has 2 aromatic carbocycles. The molecule has 10 nitrogen and oxygen atoms in total.